The van der Waals surface area contributed by atoms with Crippen molar-refractivity contribution in [1.82, 2.24) is 0 Å². The average Bonchev–Trinajstić information content (AvgIpc) is 2.97. The van der Waals surface area contributed by atoms with Crippen LogP contribution in [0.2, 0.25) is 0 Å². The van der Waals surface area contributed by atoms with Gasteiger partial charge in [0.15, 0.2) is 0 Å². The smallest absolute Gasteiger partial charge is 0.381 e. The molecule has 0 N–H and O–H groups in total. The molecule has 7 heteroatoms. The van der Waals surface area contributed by atoms with Crippen LogP contribution in [0, 0.1) is 0 Å². The van der Waals surface area contributed by atoms with Crippen LogP contribution >= 0.6 is 15.9 Å². The van der Waals surface area contributed by atoms with Crippen molar-refractivity contribution in [3.8, 4) is 11.5 Å². The third kappa shape index (κ3) is 4.49. The van der Waals surface area contributed by atoms with Gasteiger partial charge in [-0.2, -0.15) is 0 Å². The molecular weight excluding hydrogens is 400 g/mol. The van der Waals surface area contributed by atoms with Crippen molar-refractivity contribution in [3.63, 3.8) is 0 Å². The Hall–Kier alpha value is -2.67. The summed E-state index contributed by atoms with van der Waals surface area (Å²) in [5.74, 6) is 0.845. The zero-order valence-electron chi connectivity index (χ0n) is 14.3. The molecule has 0 fully saturated rings. The molecule has 1 aliphatic rings. The van der Waals surface area contributed by atoms with E-state index in [9.17, 15) is 4.79 Å². The van der Waals surface area contributed by atoms with Crippen molar-refractivity contribution >= 4 is 33.8 Å². The maximum absolute atomic E-state index is 12.0. The van der Waals surface area contributed by atoms with Crippen LogP contribution in [0.4, 0.5) is 0 Å². The lowest BCUT2D eigenvalue weighted by Crippen LogP contribution is -2.36. The number of nitrogens with zero attached hydrogens (tertiary/aromatic N) is 2. The van der Waals surface area contributed by atoms with Gasteiger partial charge in [0.1, 0.15) is 11.5 Å². The first-order valence-electron chi connectivity index (χ1n) is 7.95. The normalized spacial score (nSPS) is 19.1. The zero-order chi connectivity index (χ0) is 18.6. The third-order valence-electron chi connectivity index (χ3n) is 3.68. The van der Waals surface area contributed by atoms with E-state index in [0.29, 0.717) is 12.2 Å². The maximum atomic E-state index is 12.0. The molecule has 2 aromatic carbocycles. The summed E-state index contributed by atoms with van der Waals surface area (Å²) in [6.07, 6.45) is 1.84. The fourth-order valence-electron chi connectivity index (χ4n) is 2.36. The van der Waals surface area contributed by atoms with Crippen LogP contribution in [0.25, 0.3) is 0 Å². The molecule has 0 bridgehead atoms. The minimum absolute atomic E-state index is 0.392. The van der Waals surface area contributed by atoms with Crippen molar-refractivity contribution in [1.29, 1.82) is 0 Å². The minimum atomic E-state index is -1.11. The van der Waals surface area contributed by atoms with E-state index in [-0.39, 0.29) is 0 Å². The third-order valence-corrected chi connectivity index (χ3v) is 4.17. The fourth-order valence-corrected chi connectivity index (χ4v) is 2.74. The number of halogens is 1. The Morgan fingerprint density at radius 2 is 2.04 bits per heavy atom. The summed E-state index contributed by atoms with van der Waals surface area (Å²) in [6, 6.07) is 14.8. The summed E-state index contributed by atoms with van der Waals surface area (Å²) < 4.78 is 6.70. The van der Waals surface area contributed by atoms with Gasteiger partial charge in [-0.15, -0.1) is 0 Å². The SMILES string of the molecule is CC1=NOC(C)(C(=O)O/N=C/c2ccc(Oc3cccc(Br)c3)cc2)C1. The van der Waals surface area contributed by atoms with E-state index in [1.165, 1.54) is 6.21 Å². The number of carbonyl (C=O) groups is 1. The molecule has 26 heavy (non-hydrogen) atoms. The number of benzene rings is 2. The molecule has 134 valence electrons. The summed E-state index contributed by atoms with van der Waals surface area (Å²) >= 11 is 3.40. The van der Waals surface area contributed by atoms with Crippen LogP contribution in [0.1, 0.15) is 25.8 Å². The van der Waals surface area contributed by atoms with Gasteiger partial charge in [-0.3, -0.25) is 0 Å². The Balaban J connectivity index is 1.55. The Bertz CT molecular complexity index is 864. The molecule has 6 nitrogen and oxygen atoms in total. The summed E-state index contributed by atoms with van der Waals surface area (Å²) in [7, 11) is 0. The van der Waals surface area contributed by atoms with Crippen LogP contribution in [-0.2, 0) is 14.5 Å². The van der Waals surface area contributed by atoms with Crippen molar-refractivity contribution in [2.24, 2.45) is 10.3 Å². The van der Waals surface area contributed by atoms with Gasteiger partial charge in [-0.05, 0) is 61.9 Å². The second kappa shape index (κ2) is 7.70. The summed E-state index contributed by atoms with van der Waals surface area (Å²) in [4.78, 5) is 22.1. The maximum Gasteiger partial charge on any atom is 0.381 e. The second-order valence-electron chi connectivity index (χ2n) is 6.07. The highest BCUT2D eigenvalue weighted by atomic mass is 79.9. The summed E-state index contributed by atoms with van der Waals surface area (Å²) in [5, 5.41) is 7.50. The number of oxime groups is 2. The van der Waals surface area contributed by atoms with Gasteiger partial charge in [0.25, 0.3) is 0 Å². The summed E-state index contributed by atoms with van der Waals surface area (Å²) in [5.41, 5.74) is 0.405. The highest BCUT2D eigenvalue weighted by Gasteiger charge is 2.42. The fraction of sp³-hybridized carbons (Fsp3) is 0.211. The van der Waals surface area contributed by atoms with E-state index in [0.717, 1.165) is 21.5 Å². The van der Waals surface area contributed by atoms with Crippen LogP contribution < -0.4 is 4.74 Å². The van der Waals surface area contributed by atoms with Crippen molar-refractivity contribution in [2.75, 3.05) is 0 Å². The van der Waals surface area contributed by atoms with Crippen molar-refractivity contribution in [3.05, 3.63) is 58.6 Å². The number of rotatable bonds is 5. The van der Waals surface area contributed by atoms with Gasteiger partial charge >= 0.3 is 5.97 Å². The Morgan fingerprint density at radius 3 is 2.69 bits per heavy atom. The lowest BCUT2D eigenvalue weighted by atomic mass is 10.0. The van der Waals surface area contributed by atoms with Gasteiger partial charge < -0.3 is 14.4 Å². The van der Waals surface area contributed by atoms with Crippen LogP contribution in [0.3, 0.4) is 0 Å². The van der Waals surface area contributed by atoms with E-state index in [1.807, 2.05) is 48.5 Å². The van der Waals surface area contributed by atoms with Crippen LogP contribution in [-0.4, -0.2) is 23.5 Å². The molecule has 1 aliphatic heterocycles. The average molecular weight is 417 g/mol. The molecule has 0 aromatic heterocycles. The second-order valence-corrected chi connectivity index (χ2v) is 6.98. The number of hydrogen-bond donors (Lipinski definition) is 0. The molecular formula is C19H17BrN2O4. The minimum Gasteiger partial charge on any atom is -0.457 e. The van der Waals surface area contributed by atoms with Crippen molar-refractivity contribution < 1.29 is 19.2 Å². The Labute approximate surface area is 159 Å². The van der Waals surface area contributed by atoms with Gasteiger partial charge in [-0.25, -0.2) is 4.79 Å². The Morgan fingerprint density at radius 1 is 1.27 bits per heavy atom. The lowest BCUT2D eigenvalue weighted by molar-refractivity contribution is -0.167. The molecule has 0 radical (unpaired) electrons. The molecule has 0 saturated heterocycles. The van der Waals surface area contributed by atoms with E-state index in [2.05, 4.69) is 26.2 Å². The molecule has 0 spiro atoms. The van der Waals surface area contributed by atoms with Crippen molar-refractivity contribution in [2.45, 2.75) is 25.9 Å². The molecule has 3 rings (SSSR count). The molecule has 0 aliphatic carbocycles. The molecule has 1 heterocycles. The molecule has 2 aromatic rings. The number of hydrogen-bond acceptors (Lipinski definition) is 6. The van der Waals surface area contributed by atoms with Gasteiger partial charge in [0.05, 0.1) is 11.9 Å². The quantitative estimate of drug-likeness (QED) is 0.403. The monoisotopic (exact) mass is 416 g/mol. The summed E-state index contributed by atoms with van der Waals surface area (Å²) in [6.45, 7) is 3.42. The zero-order valence-corrected chi connectivity index (χ0v) is 15.9. The number of carbonyl (C=O) groups excluding carboxylic acids is 1. The van der Waals surface area contributed by atoms with Crippen LogP contribution in [0.5, 0.6) is 11.5 Å². The van der Waals surface area contributed by atoms with E-state index in [4.69, 9.17) is 14.4 Å². The first kappa shape index (κ1) is 18.1. The topological polar surface area (TPSA) is 69.5 Å². The van der Waals surface area contributed by atoms with E-state index in [1.54, 1.807) is 13.8 Å². The predicted molar refractivity (Wildman–Crippen MR) is 102 cm³/mol. The van der Waals surface area contributed by atoms with Gasteiger partial charge in [0, 0.05) is 10.9 Å². The predicted octanol–water partition coefficient (Wildman–Crippen LogP) is 4.67. The highest BCUT2D eigenvalue weighted by Crippen LogP contribution is 2.25. The highest BCUT2D eigenvalue weighted by molar-refractivity contribution is 9.10. The molecule has 0 amide bonds. The first-order chi connectivity index (χ1) is 12.4. The van der Waals surface area contributed by atoms with E-state index >= 15 is 0 Å². The molecule has 0 saturated carbocycles. The number of ether oxygens (including phenoxy) is 1. The largest absolute Gasteiger partial charge is 0.457 e. The first-order valence-corrected chi connectivity index (χ1v) is 8.74. The Kier molecular flexibility index (Phi) is 5.37. The standard InChI is InChI=1S/C19H17BrN2O4/c1-13-11-19(2,26-22-13)18(23)25-21-12-14-6-8-16(9-7-14)24-17-5-3-4-15(20)10-17/h3-10,12H,11H2,1-2H3/b21-12+. The van der Waals surface area contributed by atoms with Crippen LogP contribution in [0.15, 0.2) is 63.3 Å². The van der Waals surface area contributed by atoms with E-state index < -0.39 is 11.6 Å². The van der Waals surface area contributed by atoms with Gasteiger partial charge in [-0.1, -0.05) is 32.3 Å². The molecule has 1 unspecified atom stereocenters. The molecule has 1 atom stereocenters. The lowest BCUT2D eigenvalue weighted by Gasteiger charge is -2.16. The van der Waals surface area contributed by atoms with Gasteiger partial charge in [0.2, 0.25) is 5.60 Å².